The van der Waals surface area contributed by atoms with Gasteiger partial charge in [0.05, 0.1) is 5.69 Å². The van der Waals surface area contributed by atoms with Gasteiger partial charge in [-0.1, -0.05) is 59.8 Å². The topological polar surface area (TPSA) is 41.5 Å². The zero-order chi connectivity index (χ0) is 13.9. The van der Waals surface area contributed by atoms with Crippen molar-refractivity contribution in [1.29, 1.82) is 0 Å². The van der Waals surface area contributed by atoms with Crippen molar-refractivity contribution in [1.82, 2.24) is 5.32 Å². The van der Waals surface area contributed by atoms with Crippen LogP contribution in [0.25, 0.3) is 0 Å². The Morgan fingerprint density at radius 1 is 1.05 bits per heavy atom. The molecule has 1 amide bonds. The molecular formula is C16H14N2OS. The maximum Gasteiger partial charge on any atom is 0.244 e. The summed E-state index contributed by atoms with van der Waals surface area (Å²) in [4.78, 5) is 16.5. The van der Waals surface area contributed by atoms with Gasteiger partial charge in [0.1, 0.15) is 5.25 Å². The summed E-state index contributed by atoms with van der Waals surface area (Å²) >= 11 is 1.46. The summed E-state index contributed by atoms with van der Waals surface area (Å²) in [5, 5.41) is 3.29. The van der Waals surface area contributed by atoms with E-state index in [4.69, 9.17) is 0 Å². The molecule has 0 bridgehead atoms. The van der Waals surface area contributed by atoms with E-state index < -0.39 is 0 Å². The monoisotopic (exact) mass is 282 g/mol. The van der Waals surface area contributed by atoms with Gasteiger partial charge >= 0.3 is 0 Å². The van der Waals surface area contributed by atoms with Crippen LogP contribution in [0.5, 0.6) is 0 Å². The summed E-state index contributed by atoms with van der Waals surface area (Å²) in [6, 6.07) is 17.7. The van der Waals surface area contributed by atoms with Gasteiger partial charge < -0.3 is 5.32 Å². The predicted octanol–water partition coefficient (Wildman–Crippen LogP) is 3.59. The van der Waals surface area contributed by atoms with Crippen molar-refractivity contribution in [3.63, 3.8) is 0 Å². The zero-order valence-electron chi connectivity index (χ0n) is 11.0. The van der Waals surface area contributed by atoms with Gasteiger partial charge in [-0.15, -0.1) is 0 Å². The van der Waals surface area contributed by atoms with Gasteiger partial charge in [0.15, 0.2) is 5.17 Å². The number of carbonyl (C=O) groups is 1. The molecule has 1 atom stereocenters. The van der Waals surface area contributed by atoms with E-state index in [1.807, 2.05) is 61.5 Å². The summed E-state index contributed by atoms with van der Waals surface area (Å²) in [5.41, 5.74) is 3.05. The standard InChI is InChI=1S/C16H14N2OS/c1-11-7-9-13(10-8-11)17-16-18-15(19)14(20-16)12-5-3-2-4-6-12/h2-10,14H,1H3,(H,17,18,19). The first-order valence-electron chi connectivity index (χ1n) is 6.40. The van der Waals surface area contributed by atoms with Gasteiger partial charge in [-0.05, 0) is 24.6 Å². The van der Waals surface area contributed by atoms with Crippen LogP contribution in [0.3, 0.4) is 0 Å². The van der Waals surface area contributed by atoms with Crippen LogP contribution >= 0.6 is 11.8 Å². The highest BCUT2D eigenvalue weighted by Gasteiger charge is 2.31. The molecule has 1 N–H and O–H groups in total. The minimum absolute atomic E-state index is 0.00735. The highest BCUT2D eigenvalue weighted by molar-refractivity contribution is 8.15. The quantitative estimate of drug-likeness (QED) is 0.914. The summed E-state index contributed by atoms with van der Waals surface area (Å²) in [6.45, 7) is 2.04. The van der Waals surface area contributed by atoms with Crippen molar-refractivity contribution >= 4 is 28.5 Å². The molecule has 3 nitrogen and oxygen atoms in total. The minimum Gasteiger partial charge on any atom is -0.304 e. The molecule has 2 aromatic carbocycles. The molecule has 1 unspecified atom stereocenters. The molecule has 1 fully saturated rings. The third-order valence-electron chi connectivity index (χ3n) is 3.06. The molecule has 0 saturated carbocycles. The molecule has 4 heteroatoms. The molecule has 1 aliphatic rings. The number of hydrogen-bond acceptors (Lipinski definition) is 3. The Morgan fingerprint density at radius 3 is 2.45 bits per heavy atom. The van der Waals surface area contributed by atoms with E-state index >= 15 is 0 Å². The second-order valence-electron chi connectivity index (χ2n) is 4.65. The summed E-state index contributed by atoms with van der Waals surface area (Å²) in [7, 11) is 0. The Labute approximate surface area is 122 Å². The van der Waals surface area contributed by atoms with Gasteiger partial charge in [0, 0.05) is 0 Å². The van der Waals surface area contributed by atoms with Crippen LogP contribution in [0.4, 0.5) is 5.69 Å². The molecule has 0 aromatic heterocycles. The molecule has 1 aliphatic heterocycles. The van der Waals surface area contributed by atoms with Crippen LogP contribution in [0.15, 0.2) is 59.6 Å². The molecule has 2 aromatic rings. The number of aryl methyl sites for hydroxylation is 1. The van der Waals surface area contributed by atoms with Gasteiger partial charge in [0.2, 0.25) is 5.91 Å². The van der Waals surface area contributed by atoms with Crippen LogP contribution in [0.2, 0.25) is 0 Å². The number of aliphatic imine (C=N–C) groups is 1. The van der Waals surface area contributed by atoms with Crippen LogP contribution in [0, 0.1) is 6.92 Å². The van der Waals surface area contributed by atoms with E-state index in [-0.39, 0.29) is 11.2 Å². The van der Waals surface area contributed by atoms with Crippen molar-refractivity contribution in [3.8, 4) is 0 Å². The van der Waals surface area contributed by atoms with Gasteiger partial charge in [-0.25, -0.2) is 4.99 Å². The van der Waals surface area contributed by atoms with Crippen molar-refractivity contribution in [2.75, 3.05) is 0 Å². The average molecular weight is 282 g/mol. The van der Waals surface area contributed by atoms with E-state index in [9.17, 15) is 4.79 Å². The van der Waals surface area contributed by atoms with E-state index in [0.29, 0.717) is 5.17 Å². The van der Waals surface area contributed by atoms with E-state index in [1.165, 1.54) is 17.3 Å². The van der Waals surface area contributed by atoms with Crippen molar-refractivity contribution in [3.05, 3.63) is 65.7 Å². The van der Waals surface area contributed by atoms with E-state index in [1.54, 1.807) is 0 Å². The number of nitrogens with one attached hydrogen (secondary N) is 1. The summed E-state index contributed by atoms with van der Waals surface area (Å²) in [5.74, 6) is -0.00735. The minimum atomic E-state index is -0.208. The zero-order valence-corrected chi connectivity index (χ0v) is 11.9. The number of benzene rings is 2. The molecule has 3 rings (SSSR count). The van der Waals surface area contributed by atoms with Gasteiger partial charge in [-0.3, -0.25) is 4.79 Å². The maximum atomic E-state index is 12.0. The van der Waals surface area contributed by atoms with Crippen molar-refractivity contribution in [2.45, 2.75) is 12.2 Å². The highest BCUT2D eigenvalue weighted by atomic mass is 32.2. The number of nitrogens with zero attached hydrogens (tertiary/aromatic N) is 1. The molecule has 20 heavy (non-hydrogen) atoms. The lowest BCUT2D eigenvalue weighted by Crippen LogP contribution is -2.21. The van der Waals surface area contributed by atoms with E-state index in [0.717, 1.165) is 11.3 Å². The molecule has 0 spiro atoms. The second-order valence-corrected chi connectivity index (χ2v) is 5.74. The lowest BCUT2D eigenvalue weighted by atomic mass is 10.1. The van der Waals surface area contributed by atoms with Gasteiger partial charge in [-0.2, -0.15) is 0 Å². The molecule has 0 radical (unpaired) electrons. The Kier molecular flexibility index (Phi) is 3.56. The maximum absolute atomic E-state index is 12.0. The van der Waals surface area contributed by atoms with Crippen LogP contribution in [0.1, 0.15) is 16.4 Å². The Bertz CT molecular complexity index is 650. The first kappa shape index (κ1) is 12.9. The van der Waals surface area contributed by atoms with Crippen LogP contribution < -0.4 is 5.32 Å². The lowest BCUT2D eigenvalue weighted by Gasteiger charge is -2.03. The lowest BCUT2D eigenvalue weighted by molar-refractivity contribution is -0.118. The largest absolute Gasteiger partial charge is 0.304 e. The molecule has 100 valence electrons. The number of rotatable bonds is 2. The van der Waals surface area contributed by atoms with Crippen LogP contribution in [-0.4, -0.2) is 11.1 Å². The summed E-state index contributed by atoms with van der Waals surface area (Å²) in [6.07, 6.45) is 0. The fourth-order valence-corrected chi connectivity index (χ4v) is 3.00. The fraction of sp³-hybridized carbons (Fsp3) is 0.125. The smallest absolute Gasteiger partial charge is 0.244 e. The number of carbonyl (C=O) groups excluding carboxylic acids is 1. The van der Waals surface area contributed by atoms with Crippen molar-refractivity contribution < 1.29 is 4.79 Å². The number of thioether (sulfide) groups is 1. The molecule has 0 aliphatic carbocycles. The highest BCUT2D eigenvalue weighted by Crippen LogP contribution is 2.35. The first-order valence-corrected chi connectivity index (χ1v) is 7.28. The predicted molar refractivity (Wildman–Crippen MR) is 83.2 cm³/mol. The van der Waals surface area contributed by atoms with E-state index in [2.05, 4.69) is 10.3 Å². The van der Waals surface area contributed by atoms with Gasteiger partial charge in [0.25, 0.3) is 0 Å². The normalized spacial score (nSPS) is 20.1. The Balaban J connectivity index is 1.81. The average Bonchev–Trinajstić information content (AvgIpc) is 2.83. The molecule has 1 heterocycles. The number of hydrogen-bond donors (Lipinski definition) is 1. The second kappa shape index (κ2) is 5.51. The molecular weight excluding hydrogens is 268 g/mol. The third-order valence-corrected chi connectivity index (χ3v) is 4.20. The first-order chi connectivity index (χ1) is 9.72. The Morgan fingerprint density at radius 2 is 1.75 bits per heavy atom. The SMILES string of the molecule is Cc1ccc(N=C2NC(=O)C(c3ccccc3)S2)cc1. The number of amidine groups is 1. The molecule has 1 saturated heterocycles. The fourth-order valence-electron chi connectivity index (χ4n) is 2.00. The third kappa shape index (κ3) is 2.75. The van der Waals surface area contributed by atoms with Crippen molar-refractivity contribution in [2.24, 2.45) is 4.99 Å². The Hall–Kier alpha value is -2.07. The number of amides is 1. The summed E-state index contributed by atoms with van der Waals surface area (Å²) < 4.78 is 0. The van der Waals surface area contributed by atoms with Crippen LogP contribution in [-0.2, 0) is 4.79 Å².